The third-order valence-corrected chi connectivity index (χ3v) is 4.25. The van der Waals surface area contributed by atoms with Crippen LogP contribution in [0.25, 0.3) is 0 Å². The molecule has 1 N–H and O–H groups in total. The number of nitrogens with one attached hydrogen (secondary N) is 1. The van der Waals surface area contributed by atoms with E-state index < -0.39 is 0 Å². The van der Waals surface area contributed by atoms with Crippen LogP contribution in [0.5, 0.6) is 5.75 Å². The topological polar surface area (TPSA) is 58.2 Å². The van der Waals surface area contributed by atoms with Crippen LogP contribution in [-0.4, -0.2) is 28.5 Å². The first-order valence-corrected chi connectivity index (χ1v) is 8.16. The third-order valence-electron chi connectivity index (χ3n) is 4.25. The van der Waals surface area contributed by atoms with Crippen molar-refractivity contribution in [3.05, 3.63) is 57.3 Å². The average Bonchev–Trinajstić information content (AvgIpc) is 2.55. The number of aromatic nitrogens is 2. The van der Waals surface area contributed by atoms with Crippen molar-refractivity contribution in [1.82, 2.24) is 14.9 Å². The van der Waals surface area contributed by atoms with Crippen molar-refractivity contribution in [2.24, 2.45) is 0 Å². The molecule has 0 saturated heterocycles. The number of methoxy groups -OCH3 is 1. The van der Waals surface area contributed by atoms with Crippen LogP contribution >= 0.6 is 0 Å². The van der Waals surface area contributed by atoms with E-state index in [1.165, 1.54) is 5.56 Å². The molecule has 1 aromatic carbocycles. The van der Waals surface area contributed by atoms with Crippen molar-refractivity contribution in [2.75, 3.05) is 13.7 Å². The lowest BCUT2D eigenvalue weighted by atomic mass is 10.1. The molecule has 0 amide bonds. The predicted molar refractivity (Wildman–Crippen MR) is 89.7 cm³/mol. The molecule has 1 aromatic heterocycles. The Balaban J connectivity index is 1.74. The highest BCUT2D eigenvalue weighted by molar-refractivity contribution is 5.27. The van der Waals surface area contributed by atoms with Crippen LogP contribution in [0.1, 0.15) is 36.0 Å². The molecule has 0 bridgehead atoms. The predicted octanol–water partition coefficient (Wildman–Crippen LogP) is 2.29. The van der Waals surface area contributed by atoms with Crippen LogP contribution in [0.4, 0.5) is 0 Å². The van der Waals surface area contributed by atoms with Gasteiger partial charge in [0.15, 0.2) is 0 Å². The molecule has 0 radical (unpaired) electrons. The largest absolute Gasteiger partial charge is 0.497 e. The molecule has 122 valence electrons. The zero-order chi connectivity index (χ0) is 16.2. The Morgan fingerprint density at radius 1 is 1.30 bits per heavy atom. The minimum absolute atomic E-state index is 0.0440. The summed E-state index contributed by atoms with van der Waals surface area (Å²) in [6, 6.07) is 8.13. The molecule has 5 nitrogen and oxygen atoms in total. The molecule has 1 aliphatic rings. The summed E-state index contributed by atoms with van der Waals surface area (Å²) in [5, 5.41) is 0. The summed E-state index contributed by atoms with van der Waals surface area (Å²) in [6.45, 7) is 4.58. The van der Waals surface area contributed by atoms with E-state index in [9.17, 15) is 4.79 Å². The van der Waals surface area contributed by atoms with E-state index in [0.29, 0.717) is 0 Å². The summed E-state index contributed by atoms with van der Waals surface area (Å²) in [5.74, 6) is 1.68. The van der Waals surface area contributed by atoms with Gasteiger partial charge in [-0.3, -0.25) is 9.69 Å². The van der Waals surface area contributed by atoms with E-state index >= 15 is 0 Å². The Morgan fingerprint density at radius 3 is 2.78 bits per heavy atom. The number of ether oxygens (including phenoxy) is 1. The molecule has 2 aromatic rings. The number of benzene rings is 1. The zero-order valence-electron chi connectivity index (χ0n) is 13.8. The first-order valence-electron chi connectivity index (χ1n) is 8.16. The molecule has 0 unspecified atom stereocenters. The van der Waals surface area contributed by atoms with Gasteiger partial charge in [-0.05, 0) is 30.5 Å². The average molecular weight is 313 g/mol. The Bertz CT molecular complexity index is 722. The van der Waals surface area contributed by atoms with E-state index in [1.807, 2.05) is 12.1 Å². The number of aryl methyl sites for hydroxylation is 1. The number of hydrogen-bond acceptors (Lipinski definition) is 4. The van der Waals surface area contributed by atoms with Crippen molar-refractivity contribution >= 4 is 0 Å². The second-order valence-corrected chi connectivity index (χ2v) is 6.00. The van der Waals surface area contributed by atoms with E-state index in [2.05, 4.69) is 33.9 Å². The van der Waals surface area contributed by atoms with Crippen molar-refractivity contribution in [1.29, 1.82) is 0 Å². The molecule has 0 atom stereocenters. The molecule has 5 heteroatoms. The lowest BCUT2D eigenvalue weighted by Gasteiger charge is -2.27. The molecule has 0 fully saturated rings. The van der Waals surface area contributed by atoms with E-state index in [4.69, 9.17) is 4.74 Å². The number of hydrogen-bond donors (Lipinski definition) is 1. The Morgan fingerprint density at radius 2 is 2.09 bits per heavy atom. The summed E-state index contributed by atoms with van der Waals surface area (Å²) in [5.41, 5.74) is 3.09. The zero-order valence-corrected chi connectivity index (χ0v) is 13.8. The van der Waals surface area contributed by atoms with Crippen molar-refractivity contribution in [3.8, 4) is 5.75 Å². The van der Waals surface area contributed by atoms with Crippen LogP contribution in [0, 0.1) is 0 Å². The first kappa shape index (κ1) is 15.7. The smallest absolute Gasteiger partial charge is 0.254 e. The van der Waals surface area contributed by atoms with Crippen molar-refractivity contribution in [3.63, 3.8) is 0 Å². The summed E-state index contributed by atoms with van der Waals surface area (Å²) >= 11 is 0. The van der Waals surface area contributed by atoms with Crippen LogP contribution < -0.4 is 10.3 Å². The van der Waals surface area contributed by atoms with Gasteiger partial charge in [-0.2, -0.15) is 0 Å². The van der Waals surface area contributed by atoms with Crippen molar-refractivity contribution < 1.29 is 4.74 Å². The van der Waals surface area contributed by atoms with E-state index in [0.717, 1.165) is 61.7 Å². The van der Waals surface area contributed by atoms with Gasteiger partial charge in [-0.25, -0.2) is 4.98 Å². The highest BCUT2D eigenvalue weighted by atomic mass is 16.5. The molecule has 0 saturated carbocycles. The van der Waals surface area contributed by atoms with Crippen molar-refractivity contribution in [2.45, 2.75) is 39.3 Å². The second kappa shape index (κ2) is 6.96. The van der Waals surface area contributed by atoms with Crippen LogP contribution in [-0.2, 0) is 25.9 Å². The fraction of sp³-hybridized carbons (Fsp3) is 0.444. The molecule has 1 aliphatic heterocycles. The Labute approximate surface area is 136 Å². The third kappa shape index (κ3) is 3.62. The van der Waals surface area contributed by atoms with Gasteiger partial charge >= 0.3 is 0 Å². The van der Waals surface area contributed by atoms with Gasteiger partial charge in [0.1, 0.15) is 11.6 Å². The molecule has 23 heavy (non-hydrogen) atoms. The fourth-order valence-electron chi connectivity index (χ4n) is 3.02. The van der Waals surface area contributed by atoms with Crippen LogP contribution in [0.15, 0.2) is 29.1 Å². The van der Waals surface area contributed by atoms with Gasteiger partial charge < -0.3 is 9.72 Å². The monoisotopic (exact) mass is 313 g/mol. The highest BCUT2D eigenvalue weighted by Gasteiger charge is 2.21. The maximum Gasteiger partial charge on any atom is 0.254 e. The van der Waals surface area contributed by atoms with Gasteiger partial charge in [-0.1, -0.05) is 19.1 Å². The maximum atomic E-state index is 12.2. The molecule has 3 rings (SSSR count). The first-order chi connectivity index (χ1) is 11.2. The molecular weight excluding hydrogens is 290 g/mol. The quantitative estimate of drug-likeness (QED) is 0.920. The molecule has 0 spiro atoms. The molecule has 2 heterocycles. The maximum absolute atomic E-state index is 12.2. The number of aromatic amines is 1. The molecular formula is C18H23N3O2. The summed E-state index contributed by atoms with van der Waals surface area (Å²) < 4.78 is 5.19. The number of rotatable bonds is 5. The van der Waals surface area contributed by atoms with Gasteiger partial charge in [-0.15, -0.1) is 0 Å². The van der Waals surface area contributed by atoms with Gasteiger partial charge in [0, 0.05) is 31.6 Å². The fourth-order valence-corrected chi connectivity index (χ4v) is 3.02. The normalized spacial score (nSPS) is 14.5. The summed E-state index contributed by atoms with van der Waals surface area (Å²) in [7, 11) is 1.67. The van der Waals surface area contributed by atoms with Gasteiger partial charge in [0.05, 0.1) is 12.8 Å². The van der Waals surface area contributed by atoms with E-state index in [-0.39, 0.29) is 5.56 Å². The lowest BCUT2D eigenvalue weighted by molar-refractivity contribution is 0.240. The van der Waals surface area contributed by atoms with Crippen LogP contribution in [0.2, 0.25) is 0 Å². The number of H-pyrrole nitrogens is 1. The Kier molecular flexibility index (Phi) is 4.76. The minimum Gasteiger partial charge on any atom is -0.497 e. The highest BCUT2D eigenvalue weighted by Crippen LogP contribution is 2.18. The lowest BCUT2D eigenvalue weighted by Crippen LogP contribution is -2.35. The second-order valence-electron chi connectivity index (χ2n) is 6.00. The standard InChI is InChI=1S/C18H23N3O2/c1-3-4-17-19-16-12-21(10-9-15(16)18(22)20-17)11-13-5-7-14(23-2)8-6-13/h5-8H,3-4,9-12H2,1-2H3,(H,19,20,22). The number of nitrogens with zero attached hydrogens (tertiary/aromatic N) is 2. The summed E-state index contributed by atoms with van der Waals surface area (Å²) in [4.78, 5) is 22.1. The van der Waals surface area contributed by atoms with Gasteiger partial charge in [0.25, 0.3) is 5.56 Å². The SMILES string of the molecule is CCCc1nc2c(c(=O)[nH]1)CCN(Cc1ccc(OC)cc1)C2. The number of fused-ring (bicyclic) bond motifs is 1. The van der Waals surface area contributed by atoms with E-state index in [1.54, 1.807) is 7.11 Å². The summed E-state index contributed by atoms with van der Waals surface area (Å²) in [6.07, 6.45) is 2.57. The molecule has 0 aliphatic carbocycles. The minimum atomic E-state index is 0.0440. The van der Waals surface area contributed by atoms with Gasteiger partial charge in [0.2, 0.25) is 0 Å². The van der Waals surface area contributed by atoms with Crippen LogP contribution in [0.3, 0.4) is 0 Å². The Hall–Kier alpha value is -2.14.